The van der Waals surface area contributed by atoms with E-state index in [0.717, 1.165) is 63.7 Å². The molecule has 3 aromatic rings. The van der Waals surface area contributed by atoms with Crippen LogP contribution in [0.4, 0.5) is 18.9 Å². The van der Waals surface area contributed by atoms with Gasteiger partial charge in [-0.1, -0.05) is 6.07 Å². The molecule has 2 atom stereocenters. The topological polar surface area (TPSA) is 73.5 Å². The van der Waals surface area contributed by atoms with Gasteiger partial charge in [0, 0.05) is 44.0 Å². The Labute approximate surface area is 214 Å². The number of benzene rings is 2. The maximum Gasteiger partial charge on any atom is 0.418 e. The van der Waals surface area contributed by atoms with Crippen molar-refractivity contribution in [1.29, 1.82) is 0 Å². The number of fused-ring (bicyclic) bond motifs is 1. The van der Waals surface area contributed by atoms with Crippen LogP contribution in [0.1, 0.15) is 37.1 Å². The minimum atomic E-state index is -4.49. The zero-order valence-corrected chi connectivity index (χ0v) is 20.9. The van der Waals surface area contributed by atoms with Gasteiger partial charge in [0.1, 0.15) is 17.1 Å². The van der Waals surface area contributed by atoms with E-state index >= 15 is 0 Å². The van der Waals surface area contributed by atoms with Crippen LogP contribution in [0.5, 0.6) is 5.75 Å². The highest BCUT2D eigenvalue weighted by atomic mass is 19.4. The lowest BCUT2D eigenvalue weighted by Gasteiger charge is -2.27. The molecule has 2 aliphatic rings. The summed E-state index contributed by atoms with van der Waals surface area (Å²) in [6, 6.07) is 12.6. The molecule has 198 valence electrons. The van der Waals surface area contributed by atoms with E-state index in [9.17, 15) is 18.0 Å². The van der Waals surface area contributed by atoms with Crippen molar-refractivity contribution >= 4 is 22.6 Å². The van der Waals surface area contributed by atoms with Crippen LogP contribution >= 0.6 is 0 Å². The number of aromatic amines is 1. The van der Waals surface area contributed by atoms with Gasteiger partial charge in [-0.3, -0.25) is 9.69 Å². The second-order valence-corrected chi connectivity index (χ2v) is 9.88. The molecule has 2 aliphatic heterocycles. The van der Waals surface area contributed by atoms with E-state index in [-0.39, 0.29) is 35.2 Å². The first-order valence-electron chi connectivity index (χ1n) is 12.8. The number of rotatable bonds is 6. The number of nitrogens with one attached hydrogen (secondary N) is 2. The summed E-state index contributed by atoms with van der Waals surface area (Å²) >= 11 is 0. The van der Waals surface area contributed by atoms with Gasteiger partial charge in [-0.05, 0) is 62.1 Å². The molecular weight excluding hydrogens is 483 g/mol. The number of nitrogens with zero attached hydrogens (tertiary/aromatic N) is 3. The van der Waals surface area contributed by atoms with Gasteiger partial charge in [0.25, 0.3) is 0 Å². The maximum absolute atomic E-state index is 13.3. The summed E-state index contributed by atoms with van der Waals surface area (Å²) in [4.78, 5) is 24.5. The second-order valence-electron chi connectivity index (χ2n) is 9.88. The van der Waals surface area contributed by atoms with Crippen molar-refractivity contribution in [2.24, 2.45) is 0 Å². The highest BCUT2D eigenvalue weighted by Crippen LogP contribution is 2.34. The Bertz CT molecular complexity index is 1230. The summed E-state index contributed by atoms with van der Waals surface area (Å²) in [7, 11) is 1.67. The lowest BCUT2D eigenvalue weighted by molar-refractivity contribution is -0.136. The number of ether oxygens (including phenoxy) is 1. The number of hydrogen-bond donors (Lipinski definition) is 2. The molecule has 10 heteroatoms. The molecule has 0 spiro atoms. The van der Waals surface area contributed by atoms with E-state index in [4.69, 9.17) is 4.74 Å². The predicted molar refractivity (Wildman–Crippen MR) is 136 cm³/mol. The number of aromatic nitrogens is 2. The van der Waals surface area contributed by atoms with Crippen LogP contribution in [0.25, 0.3) is 11.0 Å². The molecule has 0 aliphatic carbocycles. The first-order valence-corrected chi connectivity index (χ1v) is 12.8. The van der Waals surface area contributed by atoms with Crippen molar-refractivity contribution in [3.63, 3.8) is 0 Å². The third-order valence-electron chi connectivity index (χ3n) is 7.43. The Hall–Kier alpha value is -3.27. The number of alkyl halides is 3. The number of halogens is 3. The second kappa shape index (κ2) is 10.6. The number of amides is 1. The van der Waals surface area contributed by atoms with Crippen molar-refractivity contribution in [3.8, 4) is 5.75 Å². The number of H-pyrrole nitrogens is 1. The summed E-state index contributed by atoms with van der Waals surface area (Å²) in [6.07, 6.45) is -0.423. The van der Waals surface area contributed by atoms with Gasteiger partial charge in [-0.2, -0.15) is 13.2 Å². The quantitative estimate of drug-likeness (QED) is 0.510. The lowest BCUT2D eigenvalue weighted by atomic mass is 10.1. The van der Waals surface area contributed by atoms with Crippen molar-refractivity contribution in [2.75, 3.05) is 38.2 Å². The van der Waals surface area contributed by atoms with Gasteiger partial charge in [-0.15, -0.1) is 0 Å². The first kappa shape index (κ1) is 25.4. The molecule has 2 N–H and O–H groups in total. The minimum absolute atomic E-state index is 0.0311. The predicted octanol–water partition coefficient (Wildman–Crippen LogP) is 4.38. The molecule has 1 unspecified atom stereocenters. The van der Waals surface area contributed by atoms with Gasteiger partial charge < -0.3 is 19.9 Å². The molecule has 2 fully saturated rings. The van der Waals surface area contributed by atoms with E-state index in [1.807, 2.05) is 12.1 Å². The minimum Gasteiger partial charge on any atom is -0.497 e. The number of hydrogen-bond acceptors (Lipinski definition) is 5. The molecule has 7 nitrogen and oxygen atoms in total. The van der Waals surface area contributed by atoms with Crippen molar-refractivity contribution in [3.05, 3.63) is 53.9 Å². The Kier molecular flexibility index (Phi) is 7.28. The van der Waals surface area contributed by atoms with Crippen molar-refractivity contribution < 1.29 is 22.7 Å². The van der Waals surface area contributed by atoms with Gasteiger partial charge in [0.15, 0.2) is 0 Å². The van der Waals surface area contributed by atoms with Crippen LogP contribution in [0.2, 0.25) is 0 Å². The Morgan fingerprint density at radius 1 is 1.11 bits per heavy atom. The number of imidazole rings is 1. The van der Waals surface area contributed by atoms with E-state index < -0.39 is 11.7 Å². The SMILES string of the molecule is COc1ccc(N2CCCC(N3CC[C@@H](NC(=O)Cc4nc5c(C(F)(F)F)cccc5[nH]4)C3)CC2)cc1. The monoisotopic (exact) mass is 515 g/mol. The average Bonchev–Trinajstić information content (AvgIpc) is 3.42. The molecule has 1 amide bonds. The summed E-state index contributed by atoms with van der Waals surface area (Å²) in [5.74, 6) is 0.862. The fraction of sp³-hybridized carbons (Fsp3) is 0.481. The number of anilines is 1. The van der Waals surface area contributed by atoms with E-state index in [0.29, 0.717) is 6.04 Å². The van der Waals surface area contributed by atoms with E-state index in [1.165, 1.54) is 17.8 Å². The Balaban J connectivity index is 1.13. The number of para-hydroxylation sites is 1. The normalized spacial score (nSPS) is 21.2. The van der Waals surface area contributed by atoms with Gasteiger partial charge in [0.05, 0.1) is 24.6 Å². The zero-order valence-electron chi connectivity index (χ0n) is 20.9. The third-order valence-corrected chi connectivity index (χ3v) is 7.43. The van der Waals surface area contributed by atoms with E-state index in [1.54, 1.807) is 7.11 Å². The summed E-state index contributed by atoms with van der Waals surface area (Å²) in [6.45, 7) is 3.72. The number of carbonyl (C=O) groups excluding carboxylic acids is 1. The van der Waals surface area contributed by atoms with Crippen LogP contribution in [0.3, 0.4) is 0 Å². The van der Waals surface area contributed by atoms with Gasteiger partial charge in [0.2, 0.25) is 5.91 Å². The van der Waals surface area contributed by atoms with Gasteiger partial charge in [-0.25, -0.2) is 4.98 Å². The molecule has 0 radical (unpaired) electrons. The molecule has 0 saturated carbocycles. The standard InChI is InChI=1S/C27H32F3N5O2/c1-37-21-9-7-20(8-10-21)34-13-3-4-19(12-15-34)35-14-11-18(17-35)31-25(36)16-24-32-23-6-2-5-22(26(23)33-24)27(28,29)30/h2,5-10,18-19H,3-4,11-17H2,1H3,(H,31,36)(H,32,33)/t18-,19?/m1/s1. The fourth-order valence-corrected chi connectivity index (χ4v) is 5.56. The van der Waals surface area contributed by atoms with Crippen LogP contribution < -0.4 is 15.0 Å². The van der Waals surface area contributed by atoms with Crippen molar-refractivity contribution in [1.82, 2.24) is 20.2 Å². The van der Waals surface area contributed by atoms with E-state index in [2.05, 4.69) is 37.2 Å². The van der Waals surface area contributed by atoms with Crippen LogP contribution in [0, 0.1) is 0 Å². The molecule has 3 heterocycles. The molecule has 1 aromatic heterocycles. The van der Waals surface area contributed by atoms with Crippen LogP contribution in [0.15, 0.2) is 42.5 Å². The molecule has 0 bridgehead atoms. The largest absolute Gasteiger partial charge is 0.497 e. The highest BCUT2D eigenvalue weighted by Gasteiger charge is 2.34. The number of methoxy groups -OCH3 is 1. The number of carbonyl (C=O) groups is 1. The number of likely N-dealkylation sites (tertiary alicyclic amines) is 1. The fourth-order valence-electron chi connectivity index (χ4n) is 5.56. The maximum atomic E-state index is 13.3. The summed E-state index contributed by atoms with van der Waals surface area (Å²) in [5, 5.41) is 3.06. The average molecular weight is 516 g/mol. The highest BCUT2D eigenvalue weighted by molar-refractivity contribution is 5.82. The zero-order chi connectivity index (χ0) is 26.0. The van der Waals surface area contributed by atoms with Gasteiger partial charge >= 0.3 is 6.18 Å². The Morgan fingerprint density at radius 2 is 1.92 bits per heavy atom. The molecule has 2 saturated heterocycles. The molecule has 5 rings (SSSR count). The molecule has 37 heavy (non-hydrogen) atoms. The summed E-state index contributed by atoms with van der Waals surface area (Å²) < 4.78 is 45.1. The molecule has 2 aromatic carbocycles. The third kappa shape index (κ3) is 5.84. The smallest absolute Gasteiger partial charge is 0.418 e. The molecular formula is C27H32F3N5O2. The Morgan fingerprint density at radius 3 is 2.68 bits per heavy atom. The lowest BCUT2D eigenvalue weighted by Crippen LogP contribution is -2.40. The van der Waals surface area contributed by atoms with Crippen molar-refractivity contribution in [2.45, 2.75) is 50.4 Å². The van der Waals surface area contributed by atoms with Crippen LogP contribution in [-0.4, -0.2) is 66.1 Å². The first-order chi connectivity index (χ1) is 17.8. The van der Waals surface area contributed by atoms with Crippen LogP contribution in [-0.2, 0) is 17.4 Å². The summed E-state index contributed by atoms with van der Waals surface area (Å²) in [5.41, 5.74) is 0.540.